The molecule has 0 atom stereocenters. The Balaban J connectivity index is 2.19. The van der Waals surface area contributed by atoms with Crippen molar-refractivity contribution in [2.45, 2.75) is 0 Å². The summed E-state index contributed by atoms with van der Waals surface area (Å²) in [7, 11) is 2.93. The Labute approximate surface area is 123 Å². The maximum absolute atomic E-state index is 11.4. The molecule has 7 nitrogen and oxygen atoms in total. The molecule has 0 aliphatic carbocycles. The van der Waals surface area contributed by atoms with Gasteiger partial charge < -0.3 is 24.3 Å². The van der Waals surface area contributed by atoms with Crippen LogP contribution in [0.2, 0.25) is 0 Å². The maximum atomic E-state index is 11.4. The first-order valence-corrected chi connectivity index (χ1v) is 6.34. The maximum Gasteiger partial charge on any atom is 0.332 e. The van der Waals surface area contributed by atoms with Crippen molar-refractivity contribution in [2.24, 2.45) is 0 Å². The molecule has 1 rings (SSSR count). The number of hydrogen-bond donors (Lipinski definition) is 1. The smallest absolute Gasteiger partial charge is 0.332 e. The topological polar surface area (TPSA) is 83.1 Å². The minimum absolute atomic E-state index is 0.176. The average molecular weight is 297 g/mol. The lowest BCUT2D eigenvalue weighted by Crippen LogP contribution is -2.32. The van der Waals surface area contributed by atoms with Crippen LogP contribution in [0.5, 0.6) is 11.5 Å². The number of methoxy groups -OCH3 is 2. The molecule has 1 aromatic rings. The van der Waals surface area contributed by atoms with Crippen molar-refractivity contribution in [1.29, 1.82) is 0 Å². The Morgan fingerprint density at radius 3 is 2.48 bits per heavy atom. The minimum Gasteiger partial charge on any atom is -0.493 e. The van der Waals surface area contributed by atoms with E-state index in [2.05, 4.69) is 14.8 Å². The first-order valence-electron chi connectivity index (χ1n) is 6.34. The number of carbonyl (C=O) groups is 2. The largest absolute Gasteiger partial charge is 0.493 e. The molecule has 0 aliphatic heterocycles. The first-order chi connectivity index (χ1) is 10.2. The van der Waals surface area contributed by atoms with Crippen molar-refractivity contribution in [1.82, 2.24) is 5.32 Å². The lowest BCUT2D eigenvalue weighted by Gasteiger charge is -2.10. The van der Waals surface area contributed by atoms with E-state index in [0.717, 1.165) is 0 Å². The summed E-state index contributed by atoms with van der Waals surface area (Å²) in [5.74, 6) is 0.235. The van der Waals surface area contributed by atoms with Crippen LogP contribution >= 0.6 is 0 Å². The van der Waals surface area contributed by atoms with E-state index in [4.69, 9.17) is 9.47 Å². The summed E-state index contributed by atoms with van der Waals surface area (Å²) in [6.07, 6.45) is 0. The second-order valence-corrected chi connectivity index (χ2v) is 3.94. The summed E-state index contributed by atoms with van der Waals surface area (Å²) in [5.41, 5.74) is 0. The standard InChI is InChI=1S/C14H19NO6/c1-18-10-14(17)21-9-13(16)15-7-8-20-12-6-4-3-5-11(12)19-2/h3-6H,7-10H2,1-2H3,(H,15,16). The number of hydrogen-bond acceptors (Lipinski definition) is 6. The van der Waals surface area contributed by atoms with Gasteiger partial charge in [0.2, 0.25) is 0 Å². The molecule has 0 saturated carbocycles. The molecular formula is C14H19NO6. The molecule has 0 aromatic heterocycles. The SMILES string of the molecule is COCC(=O)OCC(=O)NCCOc1ccccc1OC. The molecule has 0 saturated heterocycles. The summed E-state index contributed by atoms with van der Waals surface area (Å²) in [6.45, 7) is 0.0535. The van der Waals surface area contributed by atoms with E-state index in [1.54, 1.807) is 19.2 Å². The van der Waals surface area contributed by atoms with Crippen molar-refractivity contribution >= 4 is 11.9 Å². The fraction of sp³-hybridized carbons (Fsp3) is 0.429. The zero-order valence-corrected chi connectivity index (χ0v) is 12.1. The van der Waals surface area contributed by atoms with Crippen LogP contribution in [0.15, 0.2) is 24.3 Å². The Hall–Kier alpha value is -2.28. The molecule has 0 fully saturated rings. The third kappa shape index (κ3) is 6.62. The van der Waals surface area contributed by atoms with Crippen LogP contribution in [0.4, 0.5) is 0 Å². The van der Waals surface area contributed by atoms with Gasteiger partial charge in [0, 0.05) is 7.11 Å². The van der Waals surface area contributed by atoms with Gasteiger partial charge in [0.1, 0.15) is 13.2 Å². The van der Waals surface area contributed by atoms with Gasteiger partial charge in [0.25, 0.3) is 5.91 Å². The first kappa shape index (κ1) is 16.8. The van der Waals surface area contributed by atoms with Gasteiger partial charge in [-0.2, -0.15) is 0 Å². The van der Waals surface area contributed by atoms with E-state index in [9.17, 15) is 9.59 Å². The molecule has 21 heavy (non-hydrogen) atoms. The highest BCUT2D eigenvalue weighted by atomic mass is 16.6. The molecule has 1 N–H and O–H groups in total. The van der Waals surface area contributed by atoms with Crippen LogP contribution in [0.1, 0.15) is 0 Å². The molecule has 0 unspecified atom stereocenters. The molecule has 7 heteroatoms. The van der Waals surface area contributed by atoms with E-state index >= 15 is 0 Å². The second-order valence-electron chi connectivity index (χ2n) is 3.94. The van der Waals surface area contributed by atoms with Crippen molar-refractivity contribution in [3.8, 4) is 11.5 Å². The van der Waals surface area contributed by atoms with Gasteiger partial charge in [-0.25, -0.2) is 4.79 Å². The number of carbonyl (C=O) groups excluding carboxylic acids is 2. The van der Waals surface area contributed by atoms with Crippen LogP contribution in [-0.4, -0.2) is 52.5 Å². The lowest BCUT2D eigenvalue weighted by molar-refractivity contribution is -0.152. The number of para-hydroxylation sites is 2. The lowest BCUT2D eigenvalue weighted by atomic mass is 10.3. The van der Waals surface area contributed by atoms with E-state index < -0.39 is 11.9 Å². The highest BCUT2D eigenvalue weighted by molar-refractivity contribution is 5.80. The van der Waals surface area contributed by atoms with Gasteiger partial charge in [-0.05, 0) is 12.1 Å². The quantitative estimate of drug-likeness (QED) is 0.524. The van der Waals surface area contributed by atoms with Crippen molar-refractivity contribution < 1.29 is 28.5 Å². The molecule has 0 bridgehead atoms. The van der Waals surface area contributed by atoms with Crippen LogP contribution in [-0.2, 0) is 19.1 Å². The number of rotatable bonds is 9. The summed E-state index contributed by atoms with van der Waals surface area (Å²) in [4.78, 5) is 22.3. The van der Waals surface area contributed by atoms with Crippen LogP contribution < -0.4 is 14.8 Å². The van der Waals surface area contributed by atoms with E-state index in [1.165, 1.54) is 7.11 Å². The van der Waals surface area contributed by atoms with Gasteiger partial charge in [0.05, 0.1) is 13.7 Å². The highest BCUT2D eigenvalue weighted by Gasteiger charge is 2.07. The monoisotopic (exact) mass is 297 g/mol. The fourth-order valence-corrected chi connectivity index (χ4v) is 1.45. The van der Waals surface area contributed by atoms with Crippen LogP contribution in [0, 0.1) is 0 Å². The zero-order valence-electron chi connectivity index (χ0n) is 12.1. The van der Waals surface area contributed by atoms with Gasteiger partial charge in [0.15, 0.2) is 18.1 Å². The number of ether oxygens (including phenoxy) is 4. The number of amides is 1. The predicted octanol–water partition coefficient (Wildman–Crippen LogP) is 0.380. The Kier molecular flexibility index (Phi) is 7.67. The number of nitrogens with one attached hydrogen (secondary N) is 1. The van der Waals surface area contributed by atoms with E-state index in [1.807, 2.05) is 12.1 Å². The van der Waals surface area contributed by atoms with Gasteiger partial charge in [-0.15, -0.1) is 0 Å². The number of benzene rings is 1. The van der Waals surface area contributed by atoms with E-state index in [0.29, 0.717) is 18.0 Å². The predicted molar refractivity (Wildman–Crippen MR) is 74.3 cm³/mol. The fourth-order valence-electron chi connectivity index (χ4n) is 1.45. The molecule has 1 amide bonds. The minimum atomic E-state index is -0.585. The Morgan fingerprint density at radius 2 is 1.81 bits per heavy atom. The Morgan fingerprint density at radius 1 is 1.10 bits per heavy atom. The van der Waals surface area contributed by atoms with Crippen molar-refractivity contribution in [3.63, 3.8) is 0 Å². The van der Waals surface area contributed by atoms with Gasteiger partial charge in [-0.1, -0.05) is 12.1 Å². The molecule has 116 valence electrons. The molecular weight excluding hydrogens is 278 g/mol. The Bertz CT molecular complexity index is 463. The van der Waals surface area contributed by atoms with Gasteiger partial charge >= 0.3 is 5.97 Å². The van der Waals surface area contributed by atoms with E-state index in [-0.39, 0.29) is 19.8 Å². The molecule has 0 spiro atoms. The number of esters is 1. The third-order valence-corrected chi connectivity index (χ3v) is 2.38. The molecule has 1 aromatic carbocycles. The summed E-state index contributed by atoms with van der Waals surface area (Å²) in [6, 6.07) is 7.21. The summed E-state index contributed by atoms with van der Waals surface area (Å²) < 4.78 is 19.8. The molecule has 0 heterocycles. The third-order valence-electron chi connectivity index (χ3n) is 2.38. The zero-order chi connectivity index (χ0) is 15.5. The van der Waals surface area contributed by atoms with Crippen molar-refractivity contribution in [2.75, 3.05) is 40.6 Å². The molecule has 0 aliphatic rings. The summed E-state index contributed by atoms with van der Waals surface area (Å²) in [5, 5.41) is 2.57. The van der Waals surface area contributed by atoms with Gasteiger partial charge in [-0.3, -0.25) is 4.79 Å². The highest BCUT2D eigenvalue weighted by Crippen LogP contribution is 2.25. The molecule has 0 radical (unpaired) electrons. The van der Waals surface area contributed by atoms with Crippen LogP contribution in [0.25, 0.3) is 0 Å². The van der Waals surface area contributed by atoms with Crippen molar-refractivity contribution in [3.05, 3.63) is 24.3 Å². The average Bonchev–Trinajstić information content (AvgIpc) is 2.50. The normalized spacial score (nSPS) is 9.81. The van der Waals surface area contributed by atoms with Crippen LogP contribution in [0.3, 0.4) is 0 Å². The summed E-state index contributed by atoms with van der Waals surface area (Å²) >= 11 is 0. The second kappa shape index (κ2) is 9.60.